The van der Waals surface area contributed by atoms with Gasteiger partial charge in [-0.3, -0.25) is 4.90 Å². The Balaban J connectivity index is 1.65. The number of piperidine rings is 1. The van der Waals surface area contributed by atoms with Crippen molar-refractivity contribution in [1.82, 2.24) is 4.90 Å². The van der Waals surface area contributed by atoms with Crippen LogP contribution in [0.2, 0.25) is 0 Å². The molecule has 0 unspecified atom stereocenters. The van der Waals surface area contributed by atoms with Gasteiger partial charge < -0.3 is 29.9 Å². The number of halogens is 1. The van der Waals surface area contributed by atoms with E-state index in [1.165, 1.54) is 24.3 Å². The Hall–Kier alpha value is -1.29. The molecule has 1 aliphatic heterocycles. The maximum atomic E-state index is 12.7. The van der Waals surface area contributed by atoms with Crippen LogP contribution in [0, 0.1) is 5.82 Å². The van der Waals surface area contributed by atoms with E-state index in [1.54, 1.807) is 4.90 Å². The maximum absolute atomic E-state index is 12.7. The summed E-state index contributed by atoms with van der Waals surface area (Å²) in [5.74, 6) is 0.227. The van der Waals surface area contributed by atoms with Gasteiger partial charge in [-0.15, -0.1) is 0 Å². The summed E-state index contributed by atoms with van der Waals surface area (Å²) in [4.78, 5) is 1.68. The van der Waals surface area contributed by atoms with Gasteiger partial charge in [-0.05, 0) is 24.3 Å². The minimum Gasteiger partial charge on any atom is -0.491 e. The third-order valence-corrected chi connectivity index (χ3v) is 4.05. The Morgan fingerprint density at radius 1 is 1.04 bits per heavy atom. The van der Waals surface area contributed by atoms with Crippen LogP contribution in [0.25, 0.3) is 0 Å². The molecule has 1 aliphatic rings. The van der Waals surface area contributed by atoms with E-state index < -0.39 is 24.4 Å². The Labute approximate surface area is 139 Å². The van der Waals surface area contributed by atoms with Gasteiger partial charge in [-0.25, -0.2) is 4.39 Å². The number of hydrogen-bond acceptors (Lipinski definition) is 7. The molecule has 7 nitrogen and oxygen atoms in total. The predicted molar refractivity (Wildman–Crippen MR) is 83.2 cm³/mol. The van der Waals surface area contributed by atoms with E-state index in [4.69, 9.17) is 9.47 Å². The first-order chi connectivity index (χ1) is 11.5. The Bertz CT molecular complexity index is 488. The van der Waals surface area contributed by atoms with Crippen LogP contribution < -0.4 is 4.74 Å². The topological polar surface area (TPSA) is 103 Å². The summed E-state index contributed by atoms with van der Waals surface area (Å²) in [6, 6.07) is 5.05. The lowest BCUT2D eigenvalue weighted by Crippen LogP contribution is -2.62. The highest BCUT2D eigenvalue weighted by Crippen LogP contribution is 2.18. The largest absolute Gasteiger partial charge is 0.491 e. The summed E-state index contributed by atoms with van der Waals surface area (Å²) >= 11 is 0. The fourth-order valence-electron chi connectivity index (χ4n) is 2.67. The highest BCUT2D eigenvalue weighted by molar-refractivity contribution is 5.21. The molecule has 24 heavy (non-hydrogen) atoms. The van der Waals surface area contributed by atoms with Crippen LogP contribution >= 0.6 is 0 Å². The number of aliphatic hydroxyl groups is 4. The van der Waals surface area contributed by atoms with Crippen molar-refractivity contribution < 1.29 is 34.3 Å². The predicted octanol–water partition coefficient (Wildman–Crippen LogP) is -1.02. The van der Waals surface area contributed by atoms with Crippen molar-refractivity contribution in [3.05, 3.63) is 30.1 Å². The minimum absolute atomic E-state index is 0.152. The number of benzene rings is 1. The fourth-order valence-corrected chi connectivity index (χ4v) is 2.67. The molecular weight excluding hydrogens is 321 g/mol. The normalized spacial score (nSPS) is 28.0. The minimum atomic E-state index is -1.26. The van der Waals surface area contributed by atoms with Crippen LogP contribution in [0.1, 0.15) is 0 Å². The van der Waals surface area contributed by atoms with Crippen molar-refractivity contribution in [2.75, 3.05) is 39.5 Å². The molecule has 0 amide bonds. The van der Waals surface area contributed by atoms with Gasteiger partial charge in [0.05, 0.1) is 32.0 Å². The van der Waals surface area contributed by atoms with E-state index in [0.717, 1.165) is 0 Å². The van der Waals surface area contributed by atoms with E-state index in [9.17, 15) is 24.8 Å². The third-order valence-electron chi connectivity index (χ3n) is 4.05. The smallest absolute Gasteiger partial charge is 0.123 e. The fraction of sp³-hybridized carbons (Fsp3) is 0.625. The molecule has 4 atom stereocenters. The van der Waals surface area contributed by atoms with E-state index in [0.29, 0.717) is 32.1 Å². The zero-order chi connectivity index (χ0) is 17.5. The van der Waals surface area contributed by atoms with Crippen LogP contribution in [0.15, 0.2) is 24.3 Å². The molecule has 0 aliphatic carbocycles. The molecular formula is C16H24FNO6. The van der Waals surface area contributed by atoms with Crippen LogP contribution in [-0.2, 0) is 4.74 Å². The summed E-state index contributed by atoms with van der Waals surface area (Å²) in [7, 11) is 0. The lowest BCUT2D eigenvalue weighted by atomic mass is 9.94. The molecule has 0 radical (unpaired) electrons. The zero-order valence-electron chi connectivity index (χ0n) is 13.3. The van der Waals surface area contributed by atoms with Crippen LogP contribution in [0.3, 0.4) is 0 Å². The molecule has 4 N–H and O–H groups in total. The average molecular weight is 345 g/mol. The van der Waals surface area contributed by atoms with Crippen molar-refractivity contribution in [2.45, 2.75) is 24.4 Å². The Morgan fingerprint density at radius 3 is 2.42 bits per heavy atom. The van der Waals surface area contributed by atoms with Crippen molar-refractivity contribution in [3.8, 4) is 5.75 Å². The first-order valence-electron chi connectivity index (χ1n) is 7.88. The monoisotopic (exact) mass is 345 g/mol. The number of hydrogen-bond donors (Lipinski definition) is 4. The highest BCUT2D eigenvalue weighted by atomic mass is 19.1. The number of likely N-dealkylation sites (tertiary alicyclic amines) is 1. The second-order valence-corrected chi connectivity index (χ2v) is 5.71. The third kappa shape index (κ3) is 5.10. The summed E-state index contributed by atoms with van der Waals surface area (Å²) < 4.78 is 23.5. The first-order valence-corrected chi connectivity index (χ1v) is 7.88. The molecule has 0 bridgehead atoms. The first kappa shape index (κ1) is 19.0. The van der Waals surface area contributed by atoms with Crippen LogP contribution in [-0.4, -0.2) is 89.2 Å². The summed E-state index contributed by atoms with van der Waals surface area (Å²) in [5.41, 5.74) is 0. The van der Waals surface area contributed by atoms with Crippen molar-refractivity contribution >= 4 is 0 Å². The average Bonchev–Trinajstić information content (AvgIpc) is 2.57. The summed E-state index contributed by atoms with van der Waals surface area (Å²) in [6.07, 6.45) is -3.53. The molecule has 2 rings (SSSR count). The second kappa shape index (κ2) is 9.26. The van der Waals surface area contributed by atoms with Gasteiger partial charge >= 0.3 is 0 Å². The second-order valence-electron chi connectivity index (χ2n) is 5.71. The maximum Gasteiger partial charge on any atom is 0.123 e. The molecule has 1 aromatic rings. The number of rotatable bonds is 8. The summed E-state index contributed by atoms with van der Waals surface area (Å²) in [6.45, 7) is 1.17. The SMILES string of the molecule is OC[C@@H]1[C@@H](O)[C@H](O)[C@@H](O)CN1CCOCCOc1ccc(F)cc1. The van der Waals surface area contributed by atoms with Gasteiger partial charge in [0.15, 0.2) is 0 Å². The summed E-state index contributed by atoms with van der Waals surface area (Å²) in [5, 5.41) is 38.5. The van der Waals surface area contributed by atoms with Gasteiger partial charge in [0, 0.05) is 13.1 Å². The molecule has 0 aromatic heterocycles. The zero-order valence-corrected chi connectivity index (χ0v) is 13.3. The lowest BCUT2D eigenvalue weighted by Gasteiger charge is -2.43. The molecule has 1 fully saturated rings. The molecule has 1 heterocycles. The van der Waals surface area contributed by atoms with Crippen molar-refractivity contribution in [2.24, 2.45) is 0 Å². The van der Waals surface area contributed by atoms with Gasteiger partial charge in [0.1, 0.15) is 30.4 Å². The van der Waals surface area contributed by atoms with E-state index in [-0.39, 0.29) is 19.0 Å². The van der Waals surface area contributed by atoms with Gasteiger partial charge in [-0.2, -0.15) is 0 Å². The Kier molecular flexibility index (Phi) is 7.35. The van der Waals surface area contributed by atoms with Gasteiger partial charge in [0.25, 0.3) is 0 Å². The number of ether oxygens (including phenoxy) is 2. The number of aliphatic hydroxyl groups excluding tert-OH is 4. The lowest BCUT2D eigenvalue weighted by molar-refractivity contribution is -0.147. The number of nitrogens with zero attached hydrogens (tertiary/aromatic N) is 1. The number of β-amino-alcohol motifs (C(OH)–C–C–N with tert-alkyl or cyclic N) is 1. The molecule has 0 saturated carbocycles. The molecule has 136 valence electrons. The van der Waals surface area contributed by atoms with Crippen LogP contribution in [0.5, 0.6) is 5.75 Å². The molecule has 1 aromatic carbocycles. The van der Waals surface area contributed by atoms with Crippen molar-refractivity contribution in [1.29, 1.82) is 0 Å². The van der Waals surface area contributed by atoms with Crippen molar-refractivity contribution in [3.63, 3.8) is 0 Å². The quantitative estimate of drug-likeness (QED) is 0.447. The van der Waals surface area contributed by atoms with Crippen LogP contribution in [0.4, 0.5) is 4.39 Å². The van der Waals surface area contributed by atoms with Gasteiger partial charge in [-0.1, -0.05) is 0 Å². The van der Waals surface area contributed by atoms with E-state index in [1.807, 2.05) is 0 Å². The van der Waals surface area contributed by atoms with E-state index in [2.05, 4.69) is 0 Å². The molecule has 1 saturated heterocycles. The highest BCUT2D eigenvalue weighted by Gasteiger charge is 2.40. The van der Waals surface area contributed by atoms with Gasteiger partial charge in [0.2, 0.25) is 0 Å². The van der Waals surface area contributed by atoms with E-state index >= 15 is 0 Å². The Morgan fingerprint density at radius 2 is 1.75 bits per heavy atom. The standard InChI is InChI=1S/C16H24FNO6/c17-11-1-3-12(4-2-11)24-8-7-23-6-5-18-9-14(20)16(22)15(21)13(18)10-19/h1-4,13-16,19-22H,5-10H2/t13-,14+,15-,16-/m1/s1. The molecule has 0 spiro atoms. The molecule has 8 heteroatoms.